The fourth-order valence-electron chi connectivity index (χ4n) is 2.91. The fraction of sp³-hybridized carbons (Fsp3) is 0.250. The maximum Gasteiger partial charge on any atom is 0.271 e. The van der Waals surface area contributed by atoms with Gasteiger partial charge in [0, 0.05) is 12.6 Å². The number of rotatable bonds is 4. The minimum Gasteiger partial charge on any atom is -0.463 e. The Morgan fingerprint density at radius 3 is 2.92 bits per heavy atom. The zero-order valence-corrected chi connectivity index (χ0v) is 14.5. The van der Waals surface area contributed by atoms with E-state index in [9.17, 15) is 9.59 Å². The van der Waals surface area contributed by atoms with Crippen LogP contribution in [0.3, 0.4) is 0 Å². The highest BCUT2D eigenvalue weighted by molar-refractivity contribution is 5.99. The summed E-state index contributed by atoms with van der Waals surface area (Å²) in [5, 5.41) is 6.17. The lowest BCUT2D eigenvalue weighted by molar-refractivity contribution is 0.0932. The summed E-state index contributed by atoms with van der Waals surface area (Å²) in [6.45, 7) is 1.59. The van der Waals surface area contributed by atoms with Gasteiger partial charge >= 0.3 is 0 Å². The van der Waals surface area contributed by atoms with Crippen molar-refractivity contribution in [2.24, 2.45) is 5.73 Å². The lowest BCUT2D eigenvalue weighted by Crippen LogP contribution is -2.37. The van der Waals surface area contributed by atoms with E-state index < -0.39 is 5.91 Å². The monoisotopic (exact) mass is 376 g/mol. The maximum atomic E-state index is 12.8. The predicted molar refractivity (Wildman–Crippen MR) is 95.2 cm³/mol. The minimum absolute atomic E-state index is 0. The van der Waals surface area contributed by atoms with Gasteiger partial charge in [0.05, 0.1) is 6.26 Å². The summed E-state index contributed by atoms with van der Waals surface area (Å²) >= 11 is 0. The van der Waals surface area contributed by atoms with Crippen LogP contribution in [-0.4, -0.2) is 45.3 Å². The zero-order chi connectivity index (χ0) is 17.4. The number of carbonyl (C=O) groups is 2. The molecule has 2 amide bonds. The lowest BCUT2D eigenvalue weighted by Gasteiger charge is -2.13. The molecule has 3 aromatic heterocycles. The molecule has 26 heavy (non-hydrogen) atoms. The van der Waals surface area contributed by atoms with Crippen LogP contribution in [0.2, 0.25) is 0 Å². The summed E-state index contributed by atoms with van der Waals surface area (Å²) in [4.78, 5) is 32.7. The van der Waals surface area contributed by atoms with E-state index in [1.807, 2.05) is 0 Å². The van der Waals surface area contributed by atoms with E-state index in [1.54, 1.807) is 18.2 Å². The van der Waals surface area contributed by atoms with Gasteiger partial charge in [-0.15, -0.1) is 12.4 Å². The average molecular weight is 377 g/mol. The second kappa shape index (κ2) is 7.14. The smallest absolute Gasteiger partial charge is 0.271 e. The molecule has 0 radical (unpaired) electrons. The Balaban J connectivity index is 0.00000196. The number of hydrogen-bond acceptors (Lipinski definition) is 6. The first-order chi connectivity index (χ1) is 12.1. The van der Waals surface area contributed by atoms with Crippen LogP contribution in [0.25, 0.3) is 17.1 Å². The molecule has 0 aliphatic carbocycles. The summed E-state index contributed by atoms with van der Waals surface area (Å²) in [5.74, 6) is -0.504. The second-order valence-electron chi connectivity index (χ2n) is 5.82. The van der Waals surface area contributed by atoms with Gasteiger partial charge in [-0.1, -0.05) is 0 Å². The topological polar surface area (TPSA) is 128 Å². The number of nitrogens with one attached hydrogen (secondary N) is 2. The fourth-order valence-corrected chi connectivity index (χ4v) is 2.91. The summed E-state index contributed by atoms with van der Waals surface area (Å²) < 4.78 is 6.83. The van der Waals surface area contributed by atoms with Gasteiger partial charge in [0.1, 0.15) is 17.7 Å². The first kappa shape index (κ1) is 17.9. The average Bonchev–Trinajstić information content (AvgIpc) is 3.34. The molecule has 1 atom stereocenters. The number of halogens is 1. The van der Waals surface area contributed by atoms with Crippen LogP contribution < -0.4 is 16.4 Å². The molecule has 0 bridgehead atoms. The third-order valence-corrected chi connectivity index (χ3v) is 4.14. The molecule has 4 heterocycles. The molecule has 9 nitrogen and oxygen atoms in total. The van der Waals surface area contributed by atoms with Gasteiger partial charge in [-0.05, 0) is 31.2 Å². The number of fused-ring (bicyclic) bond motifs is 1. The third-order valence-electron chi connectivity index (χ3n) is 4.14. The van der Waals surface area contributed by atoms with Crippen molar-refractivity contribution < 1.29 is 14.0 Å². The molecule has 4 N–H and O–H groups in total. The molecule has 1 fully saturated rings. The van der Waals surface area contributed by atoms with E-state index >= 15 is 0 Å². The van der Waals surface area contributed by atoms with Crippen molar-refractivity contribution in [2.45, 2.75) is 12.5 Å². The number of primary amides is 1. The Kier molecular flexibility index (Phi) is 4.92. The number of nitrogens with two attached hydrogens (primary N) is 1. The Hall–Kier alpha value is -2.91. The van der Waals surface area contributed by atoms with Crippen molar-refractivity contribution in [3.63, 3.8) is 0 Å². The Bertz CT molecular complexity index is 946. The number of carbonyl (C=O) groups excluding carboxylic acids is 2. The standard InChI is InChI=1S/C16H16N6O3.ClH/c17-14(23)13-15-21-10(12-2-1-5-25-12)6-11(22(15)8-19-13)16(24)20-9-3-4-18-7-9;/h1-2,5-6,8-9,18H,3-4,7H2,(H2,17,23)(H,20,24);1H. The van der Waals surface area contributed by atoms with Crippen molar-refractivity contribution in [1.82, 2.24) is 25.0 Å². The molecule has 0 saturated carbocycles. The largest absolute Gasteiger partial charge is 0.463 e. The first-order valence-corrected chi connectivity index (χ1v) is 7.87. The van der Waals surface area contributed by atoms with Crippen LogP contribution in [0, 0.1) is 0 Å². The highest BCUT2D eigenvalue weighted by atomic mass is 35.5. The number of amides is 2. The van der Waals surface area contributed by atoms with Crippen molar-refractivity contribution in [3.8, 4) is 11.5 Å². The first-order valence-electron chi connectivity index (χ1n) is 7.87. The van der Waals surface area contributed by atoms with Crippen LogP contribution in [-0.2, 0) is 0 Å². The molecular formula is C16H17ClN6O3. The van der Waals surface area contributed by atoms with E-state index in [0.29, 0.717) is 17.1 Å². The Labute approximate surface area is 154 Å². The summed E-state index contributed by atoms with van der Waals surface area (Å²) in [7, 11) is 0. The van der Waals surface area contributed by atoms with E-state index in [-0.39, 0.29) is 35.7 Å². The molecule has 10 heteroatoms. The summed E-state index contributed by atoms with van der Waals surface area (Å²) in [6.07, 6.45) is 3.74. The van der Waals surface area contributed by atoms with Crippen molar-refractivity contribution >= 4 is 29.9 Å². The highest BCUT2D eigenvalue weighted by Crippen LogP contribution is 2.22. The van der Waals surface area contributed by atoms with Gasteiger partial charge in [-0.25, -0.2) is 9.97 Å². The molecule has 3 aromatic rings. The van der Waals surface area contributed by atoms with Crippen molar-refractivity contribution in [2.75, 3.05) is 13.1 Å². The van der Waals surface area contributed by atoms with Crippen molar-refractivity contribution in [1.29, 1.82) is 0 Å². The minimum atomic E-state index is -0.710. The quantitative estimate of drug-likeness (QED) is 0.611. The molecule has 0 aromatic carbocycles. The Morgan fingerprint density at radius 2 is 2.27 bits per heavy atom. The van der Waals surface area contributed by atoms with E-state index in [0.717, 1.165) is 19.5 Å². The number of imidazole rings is 1. The van der Waals surface area contributed by atoms with Gasteiger partial charge < -0.3 is 20.8 Å². The maximum absolute atomic E-state index is 12.8. The molecular weight excluding hydrogens is 360 g/mol. The zero-order valence-electron chi connectivity index (χ0n) is 13.6. The van der Waals surface area contributed by atoms with Gasteiger partial charge in [-0.2, -0.15) is 0 Å². The van der Waals surface area contributed by atoms with Gasteiger partial charge in [0.25, 0.3) is 11.8 Å². The van der Waals surface area contributed by atoms with E-state index in [2.05, 4.69) is 20.6 Å². The van der Waals surface area contributed by atoms with Crippen LogP contribution >= 0.6 is 12.4 Å². The molecule has 1 unspecified atom stereocenters. The van der Waals surface area contributed by atoms with E-state index in [4.69, 9.17) is 10.2 Å². The van der Waals surface area contributed by atoms with Crippen LogP contribution in [0.15, 0.2) is 35.2 Å². The molecule has 0 spiro atoms. The highest BCUT2D eigenvalue weighted by Gasteiger charge is 2.23. The Morgan fingerprint density at radius 1 is 1.42 bits per heavy atom. The molecule has 136 valence electrons. The lowest BCUT2D eigenvalue weighted by atomic mass is 10.2. The predicted octanol–water partition coefficient (Wildman–Crippen LogP) is 0.602. The number of hydrogen-bond donors (Lipinski definition) is 3. The van der Waals surface area contributed by atoms with Gasteiger partial charge in [0.15, 0.2) is 17.1 Å². The summed E-state index contributed by atoms with van der Waals surface area (Å²) in [5.41, 5.74) is 6.32. The molecule has 4 rings (SSSR count). The van der Waals surface area contributed by atoms with Crippen molar-refractivity contribution in [3.05, 3.63) is 42.2 Å². The third kappa shape index (κ3) is 3.14. The van der Waals surface area contributed by atoms with Crippen LogP contribution in [0.1, 0.15) is 27.4 Å². The normalized spacial score (nSPS) is 16.4. The molecule has 1 saturated heterocycles. The number of furan rings is 1. The molecule has 1 aliphatic rings. The molecule has 1 aliphatic heterocycles. The number of nitrogens with zero attached hydrogens (tertiary/aromatic N) is 3. The van der Waals surface area contributed by atoms with Gasteiger partial charge in [0.2, 0.25) is 0 Å². The SMILES string of the molecule is Cl.NC(=O)c1ncn2c(C(=O)NC3CCNC3)cc(-c3ccco3)nc12. The van der Waals surface area contributed by atoms with Gasteiger partial charge in [-0.3, -0.25) is 14.0 Å². The van der Waals surface area contributed by atoms with E-state index in [1.165, 1.54) is 17.0 Å². The summed E-state index contributed by atoms with van der Waals surface area (Å²) in [6, 6.07) is 5.11. The second-order valence-corrected chi connectivity index (χ2v) is 5.82. The van der Waals surface area contributed by atoms with Crippen LogP contribution in [0.4, 0.5) is 0 Å². The number of aromatic nitrogens is 3. The van der Waals surface area contributed by atoms with Crippen LogP contribution in [0.5, 0.6) is 0 Å².